The van der Waals surface area contributed by atoms with Crippen molar-refractivity contribution in [2.45, 2.75) is 31.2 Å². The van der Waals surface area contributed by atoms with Crippen LogP contribution >= 0.6 is 0 Å². The average molecular weight is 496 g/mol. The molecule has 0 spiro atoms. The van der Waals surface area contributed by atoms with Crippen molar-refractivity contribution in [2.75, 3.05) is 23.7 Å². The van der Waals surface area contributed by atoms with E-state index in [9.17, 15) is 18.0 Å². The number of anilines is 2. The molecule has 35 heavy (non-hydrogen) atoms. The lowest BCUT2D eigenvalue weighted by Gasteiger charge is -2.35. The standard InChI is InChI=1S/C24H25N5O5S/c1-15-14-21(26-16(2)25-15)28-35(32,33)19-10-8-18(9-11-19)27-23(30)22-20-7-5-4-6-17(20)12-13-29(22)24(31)34-3/h4-11,14,22H,12-13H2,1-3H3,(H,27,30)(H,25,26,28)/t22-/m1/s1. The van der Waals surface area contributed by atoms with Crippen molar-refractivity contribution in [1.29, 1.82) is 0 Å². The summed E-state index contributed by atoms with van der Waals surface area (Å²) in [5, 5.41) is 2.78. The highest BCUT2D eigenvalue weighted by molar-refractivity contribution is 7.92. The fourth-order valence-electron chi connectivity index (χ4n) is 4.06. The Balaban J connectivity index is 1.54. The first-order valence-electron chi connectivity index (χ1n) is 10.9. The molecule has 10 nitrogen and oxygen atoms in total. The summed E-state index contributed by atoms with van der Waals surface area (Å²) in [6, 6.07) is 13.8. The van der Waals surface area contributed by atoms with Gasteiger partial charge in [-0.3, -0.25) is 14.4 Å². The normalized spacial score (nSPS) is 15.2. The zero-order chi connectivity index (χ0) is 25.2. The molecule has 1 aliphatic heterocycles. The Labute approximate surface area is 203 Å². The number of hydrogen-bond donors (Lipinski definition) is 2. The number of aryl methyl sites for hydroxylation is 2. The molecular formula is C24H25N5O5S. The number of methoxy groups -OCH3 is 1. The van der Waals surface area contributed by atoms with Gasteiger partial charge in [-0.25, -0.2) is 23.2 Å². The molecule has 0 aliphatic carbocycles. The molecule has 1 aliphatic rings. The SMILES string of the molecule is COC(=O)N1CCc2ccccc2[C@@H]1C(=O)Nc1ccc(S(=O)(=O)Nc2cc(C)nc(C)n2)cc1. The molecule has 3 aromatic rings. The lowest BCUT2D eigenvalue weighted by Crippen LogP contribution is -2.45. The van der Waals surface area contributed by atoms with Crippen LogP contribution in [0, 0.1) is 13.8 Å². The number of rotatable bonds is 5. The molecule has 0 unspecified atom stereocenters. The second-order valence-electron chi connectivity index (χ2n) is 8.08. The molecule has 11 heteroatoms. The number of hydrogen-bond acceptors (Lipinski definition) is 7. The zero-order valence-corrected chi connectivity index (χ0v) is 20.3. The molecule has 2 N–H and O–H groups in total. The molecule has 1 aromatic heterocycles. The van der Waals surface area contributed by atoms with Gasteiger partial charge in [0, 0.05) is 24.0 Å². The van der Waals surface area contributed by atoms with Crippen molar-refractivity contribution in [1.82, 2.24) is 14.9 Å². The summed E-state index contributed by atoms with van der Waals surface area (Å²) < 4.78 is 32.9. The van der Waals surface area contributed by atoms with Crippen molar-refractivity contribution in [3.63, 3.8) is 0 Å². The van der Waals surface area contributed by atoms with Gasteiger partial charge in [0.15, 0.2) is 0 Å². The van der Waals surface area contributed by atoms with Crippen molar-refractivity contribution in [3.05, 3.63) is 77.2 Å². The number of nitrogens with one attached hydrogen (secondary N) is 2. The number of aromatic nitrogens is 2. The van der Waals surface area contributed by atoms with E-state index in [0.717, 1.165) is 11.1 Å². The van der Waals surface area contributed by atoms with E-state index in [1.54, 1.807) is 13.8 Å². The predicted molar refractivity (Wildman–Crippen MR) is 129 cm³/mol. The highest BCUT2D eigenvalue weighted by Crippen LogP contribution is 2.31. The lowest BCUT2D eigenvalue weighted by atomic mass is 9.92. The Hall–Kier alpha value is -3.99. The molecule has 2 aromatic carbocycles. The first kappa shape index (κ1) is 24.1. The lowest BCUT2D eigenvalue weighted by molar-refractivity contribution is -0.121. The van der Waals surface area contributed by atoms with Crippen molar-refractivity contribution < 1.29 is 22.7 Å². The van der Waals surface area contributed by atoms with Gasteiger partial charge in [-0.15, -0.1) is 0 Å². The van der Waals surface area contributed by atoms with Crippen LogP contribution in [-0.4, -0.2) is 48.9 Å². The number of benzene rings is 2. The van der Waals surface area contributed by atoms with E-state index in [1.807, 2.05) is 24.3 Å². The summed E-state index contributed by atoms with van der Waals surface area (Å²) in [7, 11) is -2.63. The number of nitrogens with zero attached hydrogens (tertiary/aromatic N) is 3. The van der Waals surface area contributed by atoms with Gasteiger partial charge >= 0.3 is 6.09 Å². The van der Waals surface area contributed by atoms with Crippen molar-refractivity contribution in [3.8, 4) is 0 Å². The number of fused-ring (bicyclic) bond motifs is 1. The van der Waals surface area contributed by atoms with Gasteiger partial charge in [0.05, 0.1) is 12.0 Å². The highest BCUT2D eigenvalue weighted by Gasteiger charge is 2.36. The Kier molecular flexibility index (Phi) is 6.70. The van der Waals surface area contributed by atoms with Gasteiger partial charge in [0.1, 0.15) is 17.7 Å². The van der Waals surface area contributed by atoms with Crippen molar-refractivity contribution in [2.24, 2.45) is 0 Å². The second-order valence-corrected chi connectivity index (χ2v) is 9.76. The molecule has 2 heterocycles. The van der Waals surface area contributed by atoms with Crippen LogP contribution < -0.4 is 10.0 Å². The number of carbonyl (C=O) groups is 2. The Bertz CT molecular complexity index is 1360. The minimum atomic E-state index is -3.90. The van der Waals surface area contributed by atoms with E-state index in [-0.39, 0.29) is 10.7 Å². The molecule has 182 valence electrons. The average Bonchev–Trinajstić information content (AvgIpc) is 2.82. The van der Waals surface area contributed by atoms with Gasteiger partial charge in [-0.1, -0.05) is 24.3 Å². The van der Waals surface area contributed by atoms with Gasteiger partial charge in [0.25, 0.3) is 15.9 Å². The predicted octanol–water partition coefficient (Wildman–Crippen LogP) is 3.20. The van der Waals surface area contributed by atoms with E-state index in [0.29, 0.717) is 30.2 Å². The fourth-order valence-corrected chi connectivity index (χ4v) is 5.05. The van der Waals surface area contributed by atoms with Crippen LogP contribution in [-0.2, 0) is 26.0 Å². The molecule has 1 atom stereocenters. The molecule has 0 saturated heterocycles. The van der Waals surface area contributed by atoms with E-state index >= 15 is 0 Å². The molecule has 0 fully saturated rings. The quantitative estimate of drug-likeness (QED) is 0.556. The smallest absolute Gasteiger partial charge is 0.410 e. The molecular weight excluding hydrogens is 470 g/mol. The number of amides is 2. The Morgan fingerprint density at radius 3 is 2.46 bits per heavy atom. The van der Waals surface area contributed by atoms with Gasteiger partial charge < -0.3 is 10.1 Å². The minimum Gasteiger partial charge on any atom is -0.453 e. The monoisotopic (exact) mass is 495 g/mol. The van der Waals surface area contributed by atoms with Crippen LogP contribution in [0.15, 0.2) is 59.5 Å². The Morgan fingerprint density at radius 1 is 1.06 bits per heavy atom. The molecule has 0 radical (unpaired) electrons. The fraction of sp³-hybridized carbons (Fsp3) is 0.250. The second kappa shape index (κ2) is 9.71. The summed E-state index contributed by atoms with van der Waals surface area (Å²) in [5.41, 5.74) is 2.73. The maximum absolute atomic E-state index is 13.2. The summed E-state index contributed by atoms with van der Waals surface area (Å²) in [6.45, 7) is 3.76. The maximum Gasteiger partial charge on any atom is 0.410 e. The van der Waals surface area contributed by atoms with Crippen LogP contribution in [0.5, 0.6) is 0 Å². The van der Waals surface area contributed by atoms with Crippen LogP contribution in [0.4, 0.5) is 16.3 Å². The third-order valence-corrected chi connectivity index (χ3v) is 6.95. The first-order valence-corrected chi connectivity index (χ1v) is 12.3. The van der Waals surface area contributed by atoms with E-state index in [4.69, 9.17) is 4.74 Å². The van der Waals surface area contributed by atoms with E-state index < -0.39 is 28.1 Å². The van der Waals surface area contributed by atoms with Crippen LogP contribution in [0.3, 0.4) is 0 Å². The third kappa shape index (κ3) is 5.24. The first-order chi connectivity index (χ1) is 16.7. The summed E-state index contributed by atoms with van der Waals surface area (Å²) >= 11 is 0. The molecule has 4 rings (SSSR count). The number of ether oxygens (including phenoxy) is 1. The van der Waals surface area contributed by atoms with Crippen LogP contribution in [0.2, 0.25) is 0 Å². The number of carbonyl (C=O) groups excluding carboxylic acids is 2. The molecule has 0 saturated carbocycles. The molecule has 2 amide bonds. The van der Waals surface area contributed by atoms with Gasteiger partial charge in [-0.05, 0) is 55.7 Å². The van der Waals surface area contributed by atoms with Gasteiger partial charge in [-0.2, -0.15) is 0 Å². The zero-order valence-electron chi connectivity index (χ0n) is 19.5. The third-order valence-electron chi connectivity index (χ3n) is 5.58. The molecule has 0 bridgehead atoms. The summed E-state index contributed by atoms with van der Waals surface area (Å²) in [5.74, 6) is 0.195. The van der Waals surface area contributed by atoms with Gasteiger partial charge in [0.2, 0.25) is 0 Å². The maximum atomic E-state index is 13.2. The summed E-state index contributed by atoms with van der Waals surface area (Å²) in [4.78, 5) is 35.2. The Morgan fingerprint density at radius 2 is 1.77 bits per heavy atom. The largest absolute Gasteiger partial charge is 0.453 e. The van der Waals surface area contributed by atoms with Crippen molar-refractivity contribution >= 4 is 33.5 Å². The minimum absolute atomic E-state index is 0.00335. The topological polar surface area (TPSA) is 131 Å². The summed E-state index contributed by atoms with van der Waals surface area (Å²) in [6.07, 6.45) is 0.0161. The van der Waals surface area contributed by atoms with E-state index in [2.05, 4.69) is 20.0 Å². The van der Waals surface area contributed by atoms with Crippen LogP contribution in [0.25, 0.3) is 0 Å². The highest BCUT2D eigenvalue weighted by atomic mass is 32.2. The van der Waals surface area contributed by atoms with Crippen LogP contribution in [0.1, 0.15) is 28.7 Å². The van der Waals surface area contributed by atoms with E-state index in [1.165, 1.54) is 42.3 Å². The number of sulfonamides is 1.